The molecule has 0 heterocycles. The Labute approximate surface area is 167 Å². The van der Waals surface area contributed by atoms with Crippen LogP contribution >= 0.6 is 0 Å². The maximum absolute atomic E-state index is 11.9. The van der Waals surface area contributed by atoms with Gasteiger partial charge in [-0.1, -0.05) is 31.5 Å². The van der Waals surface area contributed by atoms with E-state index in [2.05, 4.69) is 0 Å². The highest BCUT2D eigenvalue weighted by molar-refractivity contribution is 7.86. The minimum absolute atomic E-state index is 0.0152. The molecule has 2 N–H and O–H groups in total. The molecule has 2 aliphatic rings. The lowest BCUT2D eigenvalue weighted by Crippen LogP contribution is -2.42. The van der Waals surface area contributed by atoms with Gasteiger partial charge in [0.25, 0.3) is 20.2 Å². The van der Waals surface area contributed by atoms with Crippen molar-refractivity contribution in [3.8, 4) is 0 Å². The molecule has 1 aromatic carbocycles. The van der Waals surface area contributed by atoms with Crippen LogP contribution in [0.15, 0.2) is 17.0 Å². The first kappa shape index (κ1) is 23.0. The van der Waals surface area contributed by atoms with Crippen molar-refractivity contribution in [1.82, 2.24) is 0 Å². The van der Waals surface area contributed by atoms with Crippen LogP contribution in [0.3, 0.4) is 0 Å². The van der Waals surface area contributed by atoms with Gasteiger partial charge in [-0.05, 0) is 56.1 Å². The third-order valence-corrected chi connectivity index (χ3v) is 8.45. The van der Waals surface area contributed by atoms with Crippen LogP contribution in [0.1, 0.15) is 49.8 Å². The summed E-state index contributed by atoms with van der Waals surface area (Å²) in [5.41, 5.74) is 1.04. The molecule has 1 aromatic rings. The average molecular weight is 433 g/mol. The topological polar surface area (TPSA) is 126 Å². The van der Waals surface area contributed by atoms with Gasteiger partial charge in [-0.3, -0.25) is 13.9 Å². The van der Waals surface area contributed by atoms with Crippen molar-refractivity contribution in [2.75, 3.05) is 5.75 Å². The minimum Gasteiger partial charge on any atom is -0.299 e. The second kappa shape index (κ2) is 7.19. The number of Topliss-reactive ketones (excluding diaryl/α,β-unsaturated/α-hetero) is 1. The van der Waals surface area contributed by atoms with E-state index in [4.69, 9.17) is 9.11 Å². The van der Waals surface area contributed by atoms with Gasteiger partial charge in [0, 0.05) is 6.42 Å². The molecular formula is C19H28O7S2. The minimum atomic E-state index is -4.08. The Morgan fingerprint density at radius 3 is 1.86 bits per heavy atom. The van der Waals surface area contributed by atoms with Gasteiger partial charge in [0.2, 0.25) is 0 Å². The van der Waals surface area contributed by atoms with Crippen LogP contribution in [-0.4, -0.2) is 37.5 Å². The zero-order chi connectivity index (χ0) is 21.7. The molecule has 158 valence electrons. The lowest BCUT2D eigenvalue weighted by Gasteiger charge is -2.35. The molecule has 2 atom stereocenters. The van der Waals surface area contributed by atoms with Crippen LogP contribution in [-0.2, 0) is 25.0 Å². The van der Waals surface area contributed by atoms with Crippen LogP contribution in [0.25, 0.3) is 0 Å². The fourth-order valence-electron chi connectivity index (χ4n) is 4.99. The van der Waals surface area contributed by atoms with E-state index >= 15 is 0 Å². The van der Waals surface area contributed by atoms with Crippen molar-refractivity contribution in [3.05, 3.63) is 28.8 Å². The van der Waals surface area contributed by atoms with Crippen molar-refractivity contribution in [3.63, 3.8) is 0 Å². The van der Waals surface area contributed by atoms with Gasteiger partial charge in [0.05, 0.1) is 16.1 Å². The van der Waals surface area contributed by atoms with E-state index in [1.807, 2.05) is 20.8 Å². The summed E-state index contributed by atoms with van der Waals surface area (Å²) in [5, 5.41) is 0. The monoisotopic (exact) mass is 432 g/mol. The molecule has 9 heteroatoms. The normalized spacial score (nSPS) is 26.1. The summed E-state index contributed by atoms with van der Waals surface area (Å²) in [4.78, 5) is 11.9. The van der Waals surface area contributed by atoms with Crippen LogP contribution in [0.2, 0.25) is 0 Å². The molecule has 0 amide bonds. The highest BCUT2D eigenvalue weighted by atomic mass is 32.2. The maximum atomic E-state index is 11.9. The van der Waals surface area contributed by atoms with E-state index in [0.29, 0.717) is 24.0 Å². The molecule has 0 radical (unpaired) electrons. The molecule has 2 unspecified atom stereocenters. The van der Waals surface area contributed by atoms with E-state index in [9.17, 15) is 21.6 Å². The van der Waals surface area contributed by atoms with Gasteiger partial charge in [-0.25, -0.2) is 0 Å². The molecule has 2 aliphatic carbocycles. The number of carbonyl (C=O) groups is 1. The predicted octanol–water partition coefficient (Wildman–Crippen LogP) is 3.13. The Morgan fingerprint density at radius 1 is 1.04 bits per heavy atom. The van der Waals surface area contributed by atoms with Crippen molar-refractivity contribution >= 4 is 26.0 Å². The Bertz CT molecular complexity index is 984. The summed E-state index contributed by atoms with van der Waals surface area (Å²) in [6.07, 6.45) is 1.97. The largest absolute Gasteiger partial charge is 0.299 e. The molecule has 0 aliphatic heterocycles. The molecule has 28 heavy (non-hydrogen) atoms. The first-order valence-electron chi connectivity index (χ1n) is 9.05. The van der Waals surface area contributed by atoms with Gasteiger partial charge in [0.1, 0.15) is 5.78 Å². The zero-order valence-corrected chi connectivity index (χ0v) is 18.4. The van der Waals surface area contributed by atoms with Gasteiger partial charge < -0.3 is 0 Å². The summed E-state index contributed by atoms with van der Waals surface area (Å²) in [6, 6.07) is 3.46. The van der Waals surface area contributed by atoms with Crippen LogP contribution in [0.4, 0.5) is 0 Å². The fourth-order valence-corrected chi connectivity index (χ4v) is 7.22. The smallest absolute Gasteiger partial charge is 0.295 e. The Hall–Kier alpha value is -1.29. The molecule has 0 aromatic heterocycles. The number of aryl methyl sites for hydroxylation is 3. The Morgan fingerprint density at radius 2 is 1.54 bits per heavy atom. The number of hydrogen-bond acceptors (Lipinski definition) is 5. The van der Waals surface area contributed by atoms with Gasteiger partial charge in [0.15, 0.2) is 0 Å². The number of ketones is 1. The summed E-state index contributed by atoms with van der Waals surface area (Å²) in [7, 11) is -8.16. The van der Waals surface area contributed by atoms with Crippen molar-refractivity contribution in [1.29, 1.82) is 0 Å². The Kier molecular flexibility index (Phi) is 5.91. The molecule has 7 nitrogen and oxygen atoms in total. The molecule has 0 spiro atoms. The molecule has 2 bridgehead atoms. The second-order valence-electron chi connectivity index (χ2n) is 8.60. The number of rotatable bonds is 3. The van der Waals surface area contributed by atoms with E-state index in [0.717, 1.165) is 12.0 Å². The third-order valence-electron chi connectivity index (χ3n) is 6.43. The quantitative estimate of drug-likeness (QED) is 0.703. The lowest BCUT2D eigenvalue weighted by atomic mass is 9.70. The standard InChI is InChI=1S/C10H16O4S.C9H12O3S/c1-9(2)7-3-4-10(9,8(11)5-7)6-15(12,13)14;1-6-4-7(2)9(8(3)5-6)13(10,11)12/h7H,3-6H2,1-2H3,(H,12,13,14);4-5H,1-3H3,(H,10,11,12). The first-order chi connectivity index (χ1) is 12.5. The van der Waals surface area contributed by atoms with Crippen molar-refractivity contribution in [2.45, 2.75) is 58.8 Å². The highest BCUT2D eigenvalue weighted by Gasteiger charge is 2.65. The summed E-state index contributed by atoms with van der Waals surface area (Å²) in [6.45, 7) is 9.11. The van der Waals surface area contributed by atoms with Crippen LogP contribution < -0.4 is 0 Å². The summed E-state index contributed by atoms with van der Waals surface area (Å²) in [5.74, 6) is -0.101. The number of hydrogen-bond donors (Lipinski definition) is 2. The molecule has 0 saturated heterocycles. The van der Waals surface area contributed by atoms with E-state index in [-0.39, 0.29) is 22.0 Å². The van der Waals surface area contributed by atoms with E-state index < -0.39 is 31.4 Å². The fraction of sp³-hybridized carbons (Fsp3) is 0.632. The zero-order valence-electron chi connectivity index (χ0n) is 16.8. The maximum Gasteiger partial charge on any atom is 0.295 e. The number of carbonyl (C=O) groups excluding carboxylic acids is 1. The van der Waals surface area contributed by atoms with Crippen LogP contribution in [0.5, 0.6) is 0 Å². The molecule has 2 fully saturated rings. The Balaban J connectivity index is 0.000000203. The summed E-state index contributed by atoms with van der Waals surface area (Å²) < 4.78 is 61.8. The van der Waals surface area contributed by atoms with Gasteiger partial charge in [-0.2, -0.15) is 16.8 Å². The first-order valence-corrected chi connectivity index (χ1v) is 12.1. The number of benzene rings is 1. The SMILES string of the molecule is CC1(C)C2CCC1(CS(=O)(=O)O)C(=O)C2.Cc1cc(C)c(S(=O)(=O)O)c(C)c1. The van der Waals surface area contributed by atoms with Crippen LogP contribution in [0, 0.1) is 37.5 Å². The van der Waals surface area contributed by atoms with E-state index in [1.165, 1.54) is 0 Å². The van der Waals surface area contributed by atoms with E-state index in [1.54, 1.807) is 26.0 Å². The second-order valence-corrected chi connectivity index (χ2v) is 11.4. The van der Waals surface area contributed by atoms with Gasteiger partial charge >= 0.3 is 0 Å². The average Bonchev–Trinajstić information content (AvgIpc) is 2.77. The van der Waals surface area contributed by atoms with Crippen molar-refractivity contribution in [2.24, 2.45) is 16.7 Å². The molecule has 2 saturated carbocycles. The lowest BCUT2D eigenvalue weighted by molar-refractivity contribution is -0.128. The number of fused-ring (bicyclic) bond motifs is 2. The predicted molar refractivity (Wildman–Crippen MR) is 105 cm³/mol. The summed E-state index contributed by atoms with van der Waals surface area (Å²) >= 11 is 0. The third kappa shape index (κ3) is 4.17. The highest BCUT2D eigenvalue weighted by Crippen LogP contribution is 2.64. The van der Waals surface area contributed by atoms with Crippen molar-refractivity contribution < 1.29 is 30.7 Å². The molecule has 3 rings (SSSR count). The molecular weight excluding hydrogens is 404 g/mol. The van der Waals surface area contributed by atoms with Gasteiger partial charge in [-0.15, -0.1) is 0 Å².